The van der Waals surface area contributed by atoms with Gasteiger partial charge in [-0.05, 0) is 32.1 Å². The van der Waals surface area contributed by atoms with Gasteiger partial charge in [-0.1, -0.05) is 6.92 Å². The molecule has 2 rings (SSSR count). The molecule has 0 aromatic carbocycles. The van der Waals surface area contributed by atoms with Crippen LogP contribution in [-0.2, 0) is 19.2 Å². The van der Waals surface area contributed by atoms with E-state index in [1.807, 2.05) is 6.92 Å². The summed E-state index contributed by atoms with van der Waals surface area (Å²) >= 11 is 0. The number of alkyl halides is 3. The number of piperidine rings is 1. The van der Waals surface area contributed by atoms with Crippen LogP contribution in [0.1, 0.15) is 39.0 Å². The average molecular weight is 352 g/mol. The van der Waals surface area contributed by atoms with Crippen LogP contribution in [0.2, 0.25) is 0 Å². The van der Waals surface area contributed by atoms with Gasteiger partial charge in [0.15, 0.2) is 0 Å². The van der Waals surface area contributed by atoms with E-state index in [2.05, 4.69) is 10.2 Å². The first-order chi connectivity index (χ1) is 11.3. The molecule has 9 heteroatoms. The molecule has 2 heterocycles. The quantitative estimate of drug-likeness (QED) is 0.836. The Kier molecular flexibility index (Phi) is 6.08. The minimum absolute atomic E-state index is 0.0707. The van der Waals surface area contributed by atoms with E-state index < -0.39 is 17.6 Å². The Morgan fingerprint density at radius 3 is 2.33 bits per heavy atom. The Balaban J connectivity index is 1.88. The van der Waals surface area contributed by atoms with Crippen molar-refractivity contribution < 1.29 is 32.3 Å². The van der Waals surface area contributed by atoms with Gasteiger partial charge in [-0.15, -0.1) is 5.06 Å². The second kappa shape index (κ2) is 7.69. The van der Waals surface area contributed by atoms with Crippen LogP contribution < -0.4 is 5.32 Å². The molecule has 2 fully saturated rings. The number of nitrogens with one attached hydrogen (secondary N) is 1. The van der Waals surface area contributed by atoms with E-state index in [0.29, 0.717) is 32.5 Å². The fourth-order valence-electron chi connectivity index (χ4n) is 3.10. The van der Waals surface area contributed by atoms with Crippen LogP contribution in [0.25, 0.3) is 0 Å². The van der Waals surface area contributed by atoms with E-state index in [-0.39, 0.29) is 25.0 Å². The largest absolute Gasteiger partial charge is 0.492 e. The van der Waals surface area contributed by atoms with E-state index in [4.69, 9.17) is 4.74 Å². The van der Waals surface area contributed by atoms with E-state index in [1.165, 1.54) is 0 Å². The van der Waals surface area contributed by atoms with Gasteiger partial charge < -0.3 is 14.9 Å². The first-order valence-corrected chi connectivity index (χ1v) is 8.19. The minimum atomic E-state index is -5.01. The van der Waals surface area contributed by atoms with Crippen molar-refractivity contribution in [2.45, 2.75) is 51.2 Å². The summed E-state index contributed by atoms with van der Waals surface area (Å²) in [5, 5.41) is 4.03. The lowest BCUT2D eigenvalue weighted by atomic mass is 9.75. The summed E-state index contributed by atoms with van der Waals surface area (Å²) in [4.78, 5) is 27.9. The minimum Gasteiger partial charge on any atom is -0.381 e. The number of halogens is 3. The summed E-state index contributed by atoms with van der Waals surface area (Å²) in [6.45, 7) is 3.34. The van der Waals surface area contributed by atoms with Crippen LogP contribution in [0.15, 0.2) is 0 Å². The van der Waals surface area contributed by atoms with Crippen molar-refractivity contribution in [3.8, 4) is 0 Å². The Morgan fingerprint density at radius 2 is 1.83 bits per heavy atom. The zero-order chi connectivity index (χ0) is 17.8. The van der Waals surface area contributed by atoms with Crippen molar-refractivity contribution in [1.29, 1.82) is 0 Å². The third-order valence-electron chi connectivity index (χ3n) is 4.84. The molecule has 138 valence electrons. The summed E-state index contributed by atoms with van der Waals surface area (Å²) in [5.74, 6) is -2.29. The molecule has 0 radical (unpaired) electrons. The number of hydrogen-bond donors (Lipinski definition) is 1. The lowest BCUT2D eigenvalue weighted by Gasteiger charge is -2.40. The zero-order valence-corrected chi connectivity index (χ0v) is 13.7. The average Bonchev–Trinajstić information content (AvgIpc) is 2.55. The third kappa shape index (κ3) is 4.60. The smallest absolute Gasteiger partial charge is 0.381 e. The highest BCUT2D eigenvalue weighted by Gasteiger charge is 2.45. The van der Waals surface area contributed by atoms with Crippen molar-refractivity contribution in [2.75, 3.05) is 26.3 Å². The van der Waals surface area contributed by atoms with Crippen LogP contribution in [0.3, 0.4) is 0 Å². The number of rotatable bonds is 4. The lowest BCUT2D eigenvalue weighted by molar-refractivity contribution is -0.244. The summed E-state index contributed by atoms with van der Waals surface area (Å²) in [6, 6.07) is 0.0794. The standard InChI is InChI=1S/C15H23F3N2O4/c1-2-14(12(21)19-11-3-9-23-10-4-11)5-7-20(8-6-14)24-13(22)15(16,17)18/h11H,2-10H2,1H3,(H,19,21). The second-order valence-electron chi connectivity index (χ2n) is 6.30. The Morgan fingerprint density at radius 1 is 1.25 bits per heavy atom. The molecule has 1 N–H and O–H groups in total. The highest BCUT2D eigenvalue weighted by Crippen LogP contribution is 2.36. The van der Waals surface area contributed by atoms with Crippen molar-refractivity contribution in [1.82, 2.24) is 10.4 Å². The van der Waals surface area contributed by atoms with Crippen molar-refractivity contribution >= 4 is 11.9 Å². The SMILES string of the molecule is CCC1(C(=O)NC2CCOCC2)CCN(OC(=O)C(F)(F)F)CC1. The number of hydrogen-bond acceptors (Lipinski definition) is 5. The molecule has 24 heavy (non-hydrogen) atoms. The molecule has 0 aromatic heterocycles. The van der Waals surface area contributed by atoms with Gasteiger partial charge in [-0.2, -0.15) is 13.2 Å². The molecule has 0 atom stereocenters. The van der Waals surface area contributed by atoms with Crippen LogP contribution in [0.5, 0.6) is 0 Å². The van der Waals surface area contributed by atoms with Gasteiger partial charge >= 0.3 is 12.1 Å². The molecule has 6 nitrogen and oxygen atoms in total. The van der Waals surface area contributed by atoms with Gasteiger partial charge in [0.1, 0.15) is 0 Å². The molecular formula is C15H23F3N2O4. The van der Waals surface area contributed by atoms with Crippen molar-refractivity contribution in [3.63, 3.8) is 0 Å². The number of hydroxylamine groups is 2. The van der Waals surface area contributed by atoms with Crippen LogP contribution in [0.4, 0.5) is 13.2 Å². The second-order valence-corrected chi connectivity index (χ2v) is 6.30. The van der Waals surface area contributed by atoms with Gasteiger partial charge in [0.2, 0.25) is 5.91 Å². The lowest BCUT2D eigenvalue weighted by Crippen LogP contribution is -2.52. The first-order valence-electron chi connectivity index (χ1n) is 8.19. The Bertz CT molecular complexity index is 456. The van der Waals surface area contributed by atoms with Crippen molar-refractivity contribution in [2.24, 2.45) is 5.41 Å². The number of carbonyl (C=O) groups is 2. The first kappa shape index (κ1) is 19.0. The molecule has 1 amide bonds. The normalized spacial score (nSPS) is 22.8. The topological polar surface area (TPSA) is 67.9 Å². The van der Waals surface area contributed by atoms with Gasteiger partial charge in [0.25, 0.3) is 0 Å². The van der Waals surface area contributed by atoms with Crippen molar-refractivity contribution in [3.05, 3.63) is 0 Å². The predicted octanol–water partition coefficient (Wildman–Crippen LogP) is 1.79. The predicted molar refractivity (Wildman–Crippen MR) is 77.7 cm³/mol. The van der Waals surface area contributed by atoms with Crippen LogP contribution in [0, 0.1) is 5.41 Å². The summed E-state index contributed by atoms with van der Waals surface area (Å²) < 4.78 is 42.0. The maximum atomic E-state index is 12.6. The molecule has 0 spiro atoms. The Labute approximate surface area is 138 Å². The van der Waals surface area contributed by atoms with Gasteiger partial charge in [0, 0.05) is 32.3 Å². The molecule has 2 aliphatic heterocycles. The van der Waals surface area contributed by atoms with Gasteiger partial charge in [0.05, 0.1) is 5.41 Å². The van der Waals surface area contributed by atoms with E-state index >= 15 is 0 Å². The fourth-order valence-corrected chi connectivity index (χ4v) is 3.10. The molecule has 0 unspecified atom stereocenters. The number of carbonyl (C=O) groups excluding carboxylic acids is 2. The monoisotopic (exact) mass is 352 g/mol. The van der Waals surface area contributed by atoms with Gasteiger partial charge in [-0.25, -0.2) is 4.79 Å². The van der Waals surface area contributed by atoms with E-state index in [0.717, 1.165) is 17.9 Å². The van der Waals surface area contributed by atoms with Crippen LogP contribution >= 0.6 is 0 Å². The van der Waals surface area contributed by atoms with Gasteiger partial charge in [-0.3, -0.25) is 4.79 Å². The summed E-state index contributed by atoms with van der Waals surface area (Å²) in [6.07, 6.45) is -2.20. The highest BCUT2D eigenvalue weighted by atomic mass is 19.4. The molecule has 0 aliphatic carbocycles. The maximum absolute atomic E-state index is 12.6. The maximum Gasteiger partial charge on any atom is 0.492 e. The zero-order valence-electron chi connectivity index (χ0n) is 13.7. The van der Waals surface area contributed by atoms with E-state index in [9.17, 15) is 22.8 Å². The summed E-state index contributed by atoms with van der Waals surface area (Å²) in [7, 11) is 0. The third-order valence-corrected chi connectivity index (χ3v) is 4.84. The molecule has 2 aliphatic rings. The fraction of sp³-hybridized carbons (Fsp3) is 0.867. The molecule has 0 bridgehead atoms. The van der Waals surface area contributed by atoms with E-state index in [1.54, 1.807) is 0 Å². The van der Waals surface area contributed by atoms with Crippen LogP contribution in [-0.4, -0.2) is 55.5 Å². The highest BCUT2D eigenvalue weighted by molar-refractivity contribution is 5.83. The molecular weight excluding hydrogens is 329 g/mol. The molecule has 2 saturated heterocycles. The number of nitrogens with zero attached hydrogens (tertiary/aromatic N) is 1. The Hall–Kier alpha value is -1.35. The number of ether oxygens (including phenoxy) is 1. The molecule has 0 aromatic rings. The number of amides is 1. The summed E-state index contributed by atoms with van der Waals surface area (Å²) in [5.41, 5.74) is -0.626. The molecule has 0 saturated carbocycles.